The summed E-state index contributed by atoms with van der Waals surface area (Å²) in [5.41, 5.74) is 16.9. The van der Waals surface area contributed by atoms with Crippen molar-refractivity contribution in [3.05, 3.63) is 48.6 Å². The Labute approximate surface area is 632 Å². The number of nitrogens with one attached hydrogen (secondary N) is 2. The van der Waals surface area contributed by atoms with E-state index >= 15 is 0 Å². The van der Waals surface area contributed by atoms with Crippen LogP contribution in [-0.4, -0.2) is 97.0 Å². The average molecular weight is 1430 g/mol. The van der Waals surface area contributed by atoms with Gasteiger partial charge in [0.05, 0.1) is 6.04 Å². The fourth-order valence-electron chi connectivity index (χ4n) is 12.9. The van der Waals surface area contributed by atoms with Crippen LogP contribution in [-0.2, 0) is 19.1 Å². The average Bonchev–Trinajstić information content (AvgIpc) is 1.18. The number of carbonyl (C=O) groups is 4. The number of alkyl carbamates (subject to hydrolysis) is 1. The number of aliphatic imine (C=N–C) groups is 1. The van der Waals surface area contributed by atoms with Gasteiger partial charge in [-0.05, 0) is 162 Å². The first-order valence-corrected chi connectivity index (χ1v) is 43.9. The number of guanidine groups is 1. The van der Waals surface area contributed by atoms with Gasteiger partial charge in [0.2, 0.25) is 17.7 Å². The maximum Gasteiger partial charge on any atom is 0.414 e. The summed E-state index contributed by atoms with van der Waals surface area (Å²) in [7, 11) is 0. The number of nitrogens with two attached hydrogens (primary N) is 3. The minimum Gasteiger partial charge on any atom is -0.444 e. The molecule has 0 aliphatic heterocycles. The van der Waals surface area contributed by atoms with Crippen LogP contribution in [0.5, 0.6) is 0 Å². The highest BCUT2D eigenvalue weighted by atomic mass is 16.6. The number of unbranched alkanes of at least 4 members (excludes halogenated alkanes) is 48. The Morgan fingerprint density at radius 2 is 0.637 bits per heavy atom. The molecule has 0 fully saturated rings. The molecule has 13 nitrogen and oxygen atoms in total. The van der Waals surface area contributed by atoms with Gasteiger partial charge in [0, 0.05) is 58.7 Å². The highest BCUT2D eigenvalue weighted by Crippen LogP contribution is 2.18. The Bertz CT molecular complexity index is 1920. The van der Waals surface area contributed by atoms with Gasteiger partial charge in [-0.2, -0.15) is 0 Å². The van der Waals surface area contributed by atoms with Gasteiger partial charge in [0.1, 0.15) is 5.60 Å². The van der Waals surface area contributed by atoms with Crippen LogP contribution in [0, 0.1) is 0 Å². The quantitative estimate of drug-likeness (QED) is 0.0171. The van der Waals surface area contributed by atoms with Crippen molar-refractivity contribution in [2.45, 2.75) is 445 Å². The second-order valence-electron chi connectivity index (χ2n) is 30.7. The maximum atomic E-state index is 13.4. The molecule has 0 heterocycles. The van der Waals surface area contributed by atoms with Crippen LogP contribution < -0.4 is 27.8 Å². The minimum atomic E-state index is -0.715. The van der Waals surface area contributed by atoms with Crippen molar-refractivity contribution in [1.29, 1.82) is 0 Å². The number of ether oxygens (including phenoxy) is 1. The first kappa shape index (κ1) is 100. The maximum absolute atomic E-state index is 13.4. The lowest BCUT2D eigenvalue weighted by molar-refractivity contribution is -0.132. The summed E-state index contributed by atoms with van der Waals surface area (Å²) in [5, 5.41) is 5.25. The molecular weight excluding hydrogens is 1260 g/mol. The second kappa shape index (κ2) is 81.1. The molecule has 8 N–H and O–H groups in total. The van der Waals surface area contributed by atoms with E-state index in [1.54, 1.807) is 20.8 Å². The fraction of sp³-hybridized carbons (Fsp3) is 0.854. The topological polar surface area (TPSA) is 198 Å². The second-order valence-corrected chi connectivity index (χ2v) is 30.7. The van der Waals surface area contributed by atoms with Crippen molar-refractivity contribution in [1.82, 2.24) is 20.4 Å². The number of allylic oxidation sites excluding steroid dienone is 8. The highest BCUT2D eigenvalue weighted by Gasteiger charge is 2.19. The monoisotopic (exact) mass is 1430 g/mol. The Kier molecular flexibility index (Phi) is 79.6. The van der Waals surface area contributed by atoms with E-state index in [2.05, 4.69) is 96.8 Å². The number of nitrogens with zero attached hydrogens (tertiary/aromatic N) is 3. The minimum absolute atomic E-state index is 0.0420. The van der Waals surface area contributed by atoms with Crippen LogP contribution in [0.3, 0.4) is 0 Å². The molecule has 0 aromatic rings. The van der Waals surface area contributed by atoms with Crippen LogP contribution in [0.2, 0.25) is 0 Å². The van der Waals surface area contributed by atoms with E-state index in [1.165, 1.54) is 321 Å². The normalized spacial score (nSPS) is 12.3. The van der Waals surface area contributed by atoms with Gasteiger partial charge in [0.15, 0.2) is 5.96 Å². The lowest BCUT2D eigenvalue weighted by Crippen LogP contribution is -2.42. The third-order valence-corrected chi connectivity index (χ3v) is 19.4. The van der Waals surface area contributed by atoms with E-state index in [1.807, 2.05) is 4.90 Å². The summed E-state index contributed by atoms with van der Waals surface area (Å²) in [6.45, 7) is 18.9. The molecule has 0 aromatic heterocycles. The molecule has 0 bridgehead atoms. The number of hydrogen-bond acceptors (Lipinski definition) is 8. The zero-order valence-electron chi connectivity index (χ0n) is 68.7. The van der Waals surface area contributed by atoms with Crippen LogP contribution in [0.4, 0.5) is 4.79 Å². The molecule has 4 amide bonds. The van der Waals surface area contributed by atoms with Crippen LogP contribution in [0.25, 0.3) is 0 Å². The van der Waals surface area contributed by atoms with Crippen molar-refractivity contribution in [3.8, 4) is 0 Å². The molecule has 598 valence electrons. The number of carbonyl (C=O) groups excluding carboxylic acids is 4. The molecule has 0 spiro atoms. The fourth-order valence-corrected chi connectivity index (χ4v) is 12.9. The predicted octanol–water partition coefficient (Wildman–Crippen LogP) is 24.6. The first-order valence-electron chi connectivity index (χ1n) is 43.9. The van der Waals surface area contributed by atoms with Gasteiger partial charge < -0.3 is 37.1 Å². The highest BCUT2D eigenvalue weighted by molar-refractivity contribution is 5.93. The van der Waals surface area contributed by atoms with Gasteiger partial charge >= 0.3 is 6.09 Å². The van der Waals surface area contributed by atoms with Gasteiger partial charge in [-0.3, -0.25) is 24.7 Å². The summed E-state index contributed by atoms with van der Waals surface area (Å²) in [6, 6.07) is -0.715. The van der Waals surface area contributed by atoms with Crippen LogP contribution >= 0.6 is 0 Å². The van der Waals surface area contributed by atoms with Gasteiger partial charge in [-0.25, -0.2) is 4.79 Å². The molecule has 0 saturated carbocycles. The van der Waals surface area contributed by atoms with Gasteiger partial charge in [-0.1, -0.05) is 307 Å². The molecule has 102 heavy (non-hydrogen) atoms. The number of hydrogen-bond donors (Lipinski definition) is 5. The Morgan fingerprint density at radius 3 is 0.902 bits per heavy atom. The van der Waals surface area contributed by atoms with E-state index in [9.17, 15) is 19.2 Å². The van der Waals surface area contributed by atoms with Crippen molar-refractivity contribution >= 4 is 29.8 Å². The van der Waals surface area contributed by atoms with E-state index in [-0.39, 0.29) is 36.6 Å². The zero-order chi connectivity index (χ0) is 75.0. The Balaban J connectivity index is 0. The van der Waals surface area contributed by atoms with Crippen molar-refractivity contribution in [2.24, 2.45) is 22.2 Å². The number of amides is 4. The smallest absolute Gasteiger partial charge is 0.414 e. The zero-order valence-corrected chi connectivity index (χ0v) is 68.7. The predicted molar refractivity (Wildman–Crippen MR) is 445 cm³/mol. The molecule has 0 radical (unpaired) electrons. The van der Waals surface area contributed by atoms with E-state index in [0.717, 1.165) is 64.7 Å². The molecule has 1 atom stereocenters. The van der Waals surface area contributed by atoms with Crippen molar-refractivity contribution < 1.29 is 23.9 Å². The Morgan fingerprint density at radius 1 is 0.382 bits per heavy atom. The SMILES string of the molecule is CCCCCCCC/C=C\CCCCCCCCN(CCCCCCC/C=C\CCCCCCCCC)C(=O)CCNC(=O)C(N)CCCN=C(N)NC(=O)OC(C)(C)C.CCCCCCCC/C=C\CCCCCCCCN(CCCCCCCC/C=C\CCCCCCCC)C(=O)CCN. The van der Waals surface area contributed by atoms with Crippen LogP contribution in [0.15, 0.2) is 53.6 Å². The lowest BCUT2D eigenvalue weighted by Gasteiger charge is -2.23. The van der Waals surface area contributed by atoms with Crippen molar-refractivity contribution in [3.63, 3.8) is 0 Å². The van der Waals surface area contributed by atoms with E-state index in [0.29, 0.717) is 32.4 Å². The third kappa shape index (κ3) is 78.6. The van der Waals surface area contributed by atoms with Gasteiger partial charge in [-0.15, -0.1) is 0 Å². The number of rotatable bonds is 74. The molecule has 0 aromatic carbocycles. The largest absolute Gasteiger partial charge is 0.444 e. The van der Waals surface area contributed by atoms with E-state index in [4.69, 9.17) is 21.9 Å². The van der Waals surface area contributed by atoms with Crippen molar-refractivity contribution in [2.75, 3.05) is 45.8 Å². The lowest BCUT2D eigenvalue weighted by atomic mass is 10.1. The Hall–Kier alpha value is -3.97. The van der Waals surface area contributed by atoms with E-state index < -0.39 is 17.7 Å². The summed E-state index contributed by atoms with van der Waals surface area (Å²) >= 11 is 0. The molecule has 0 saturated heterocycles. The summed E-state index contributed by atoms with van der Waals surface area (Å²) < 4.78 is 5.17. The standard InChI is InChI=1S/C50H96N6O4.C39H76N2O/c1-6-8-10-12-14-16-18-20-22-24-26-28-30-32-34-36-43-56(44-37-35-33-31-29-27-25-23-21-19-17-15-13-11-9-7-2)46(57)40-42-53-47(58)45(51)39-38-41-54-48(52)55-49(59)60-50(3,4)5;1-3-5-7-9-11-13-15-17-19-21-23-25-27-29-31-33-37-41(39(42)35-36-40)38-34-32-30-28-26-24-22-20-18-16-14-12-10-8-6-4-2/h20,22-23,25,45H,6-19,21,24,26-44,51H2,1-5H3,(H,53,58)(H3,52,54,55,59);17-20H,3-16,21-38,40H2,1-2H3/b22-20-,25-23-;19-17-,20-18-. The molecular formula is C89H172N8O5. The van der Waals surface area contributed by atoms with Gasteiger partial charge in [0.25, 0.3) is 0 Å². The molecule has 13 heteroatoms. The molecule has 0 aliphatic rings. The first-order chi connectivity index (χ1) is 49.8. The summed E-state index contributed by atoms with van der Waals surface area (Å²) in [5.74, 6) is 0.0433. The summed E-state index contributed by atoms with van der Waals surface area (Å²) in [4.78, 5) is 58.7. The molecule has 1 unspecified atom stereocenters. The summed E-state index contributed by atoms with van der Waals surface area (Å²) in [6.07, 6.45) is 92.7. The van der Waals surface area contributed by atoms with Crippen LogP contribution in [0.1, 0.15) is 434 Å². The molecule has 0 aliphatic carbocycles. The molecule has 0 rings (SSSR count). The third-order valence-electron chi connectivity index (χ3n) is 19.4.